The molecule has 0 saturated heterocycles. The number of fused-ring (bicyclic) bond motifs is 2. The van der Waals surface area contributed by atoms with Crippen LogP contribution < -0.4 is 16.5 Å². The van der Waals surface area contributed by atoms with Crippen molar-refractivity contribution < 1.29 is 14.8 Å². The fourth-order valence-electron chi connectivity index (χ4n) is 5.41. The Labute approximate surface area is 205 Å². The zero-order valence-electron chi connectivity index (χ0n) is 20.0. The van der Waals surface area contributed by atoms with E-state index in [0.29, 0.717) is 17.6 Å². The summed E-state index contributed by atoms with van der Waals surface area (Å²) in [5.41, 5.74) is 11.9. The molecule has 3 aromatic rings. The number of hydrogen-bond acceptors (Lipinski definition) is 7. The Morgan fingerprint density at radius 3 is 2.77 bits per heavy atom. The molecule has 8 nitrogen and oxygen atoms in total. The third kappa shape index (κ3) is 4.54. The molecule has 1 aromatic heterocycles. The van der Waals surface area contributed by atoms with E-state index in [9.17, 15) is 14.8 Å². The van der Waals surface area contributed by atoms with Gasteiger partial charge in [-0.25, -0.2) is 9.97 Å². The van der Waals surface area contributed by atoms with Gasteiger partial charge >= 0.3 is 7.12 Å². The molecule has 2 unspecified atom stereocenters. The molecular weight excluding hydrogens is 441 g/mol. The maximum atomic E-state index is 12.0. The number of aromatic nitrogens is 2. The number of carbonyl (C=O) groups excluding carboxylic acids is 1. The third-order valence-electron chi connectivity index (χ3n) is 7.17. The molecule has 0 spiro atoms. The summed E-state index contributed by atoms with van der Waals surface area (Å²) < 4.78 is 0. The van der Waals surface area contributed by atoms with Crippen molar-refractivity contribution in [2.24, 2.45) is 11.7 Å². The van der Waals surface area contributed by atoms with E-state index in [1.165, 1.54) is 0 Å². The largest absolute Gasteiger partial charge is 0.488 e. The maximum absolute atomic E-state index is 12.0. The average Bonchev–Trinajstić information content (AvgIpc) is 3.17. The highest BCUT2D eigenvalue weighted by Crippen LogP contribution is 2.43. The van der Waals surface area contributed by atoms with Crippen LogP contribution in [0.2, 0.25) is 0 Å². The van der Waals surface area contributed by atoms with E-state index in [4.69, 9.17) is 15.7 Å². The van der Waals surface area contributed by atoms with E-state index in [2.05, 4.69) is 30.3 Å². The van der Waals surface area contributed by atoms with E-state index >= 15 is 0 Å². The Morgan fingerprint density at radius 2 is 2.00 bits per heavy atom. The highest BCUT2D eigenvalue weighted by molar-refractivity contribution is 6.58. The predicted molar refractivity (Wildman–Crippen MR) is 135 cm³/mol. The second-order valence-corrected chi connectivity index (χ2v) is 9.71. The molecule has 2 heterocycles. The minimum atomic E-state index is -1.50. The first-order valence-corrected chi connectivity index (χ1v) is 12.0. The van der Waals surface area contributed by atoms with Crippen LogP contribution in [-0.4, -0.2) is 51.5 Å². The molecule has 2 atom stereocenters. The Kier molecular flexibility index (Phi) is 6.31. The zero-order chi connectivity index (χ0) is 24.7. The molecule has 5 rings (SSSR count). The molecule has 0 radical (unpaired) electrons. The van der Waals surface area contributed by atoms with Crippen LogP contribution in [0, 0.1) is 5.92 Å². The van der Waals surface area contributed by atoms with Crippen molar-refractivity contribution in [2.45, 2.75) is 38.8 Å². The lowest BCUT2D eigenvalue weighted by molar-refractivity contribution is 0.0999. The second kappa shape index (κ2) is 9.41. The number of benzene rings is 2. The third-order valence-corrected chi connectivity index (χ3v) is 7.17. The van der Waals surface area contributed by atoms with Crippen LogP contribution in [0.5, 0.6) is 0 Å². The molecule has 9 heteroatoms. The summed E-state index contributed by atoms with van der Waals surface area (Å²) in [5.74, 6) is 1.39. The molecule has 1 aliphatic heterocycles. The summed E-state index contributed by atoms with van der Waals surface area (Å²) in [5, 5.41) is 22.5. The second-order valence-electron chi connectivity index (χ2n) is 9.71. The fourth-order valence-corrected chi connectivity index (χ4v) is 5.41. The minimum Gasteiger partial charge on any atom is -0.423 e. The number of nitrogens with one attached hydrogen (secondary N) is 1. The highest BCUT2D eigenvalue weighted by atomic mass is 16.4. The van der Waals surface area contributed by atoms with Gasteiger partial charge < -0.3 is 26.0 Å². The Balaban J connectivity index is 1.52. The van der Waals surface area contributed by atoms with E-state index in [0.717, 1.165) is 65.5 Å². The van der Waals surface area contributed by atoms with Gasteiger partial charge in [0.2, 0.25) is 5.91 Å². The molecule has 0 bridgehead atoms. The smallest absolute Gasteiger partial charge is 0.423 e. The number of rotatable bonds is 6. The summed E-state index contributed by atoms with van der Waals surface area (Å²) >= 11 is 0. The van der Waals surface area contributed by atoms with Crippen LogP contribution in [-0.2, 0) is 25.9 Å². The van der Waals surface area contributed by atoms with Gasteiger partial charge in [-0.05, 0) is 54.0 Å². The van der Waals surface area contributed by atoms with Gasteiger partial charge in [-0.2, -0.15) is 0 Å². The number of amides is 1. The lowest BCUT2D eigenvalue weighted by Gasteiger charge is -2.28. The van der Waals surface area contributed by atoms with Crippen molar-refractivity contribution in [3.05, 3.63) is 81.8 Å². The van der Waals surface area contributed by atoms with Gasteiger partial charge in [-0.1, -0.05) is 43.3 Å². The van der Waals surface area contributed by atoms with Crippen molar-refractivity contribution in [1.29, 1.82) is 0 Å². The quantitative estimate of drug-likeness (QED) is 0.398. The first-order valence-electron chi connectivity index (χ1n) is 12.0. The Morgan fingerprint density at radius 1 is 1.20 bits per heavy atom. The number of primary amides is 1. The molecule has 2 aromatic carbocycles. The fraction of sp³-hybridized carbons (Fsp3) is 0.346. The predicted octanol–water partition coefficient (Wildman–Crippen LogP) is 1.18. The van der Waals surface area contributed by atoms with Crippen molar-refractivity contribution in [3.8, 4) is 0 Å². The maximum Gasteiger partial charge on any atom is 0.488 e. The van der Waals surface area contributed by atoms with Crippen LogP contribution in [0.1, 0.15) is 57.0 Å². The van der Waals surface area contributed by atoms with Gasteiger partial charge in [-0.3, -0.25) is 4.79 Å². The van der Waals surface area contributed by atoms with Gasteiger partial charge in [0.1, 0.15) is 11.6 Å². The molecule has 1 aliphatic carbocycles. The van der Waals surface area contributed by atoms with E-state index < -0.39 is 13.0 Å². The van der Waals surface area contributed by atoms with Crippen molar-refractivity contribution in [1.82, 2.24) is 14.9 Å². The van der Waals surface area contributed by atoms with Gasteiger partial charge in [0, 0.05) is 36.7 Å². The monoisotopic (exact) mass is 471 g/mol. The number of likely N-dealkylation sites (N-methyl/N-ethyl adjacent to an activating group) is 1. The van der Waals surface area contributed by atoms with E-state index in [1.54, 1.807) is 18.2 Å². The summed E-state index contributed by atoms with van der Waals surface area (Å²) in [6.07, 6.45) is 1.62. The SMILES string of the molecule is CC1Cc2c(C(N)=O)cccc2C1c1nc2c(c(NCc3cccc(B(O)O)c3)n1)CCN(C)C2. The minimum absolute atomic E-state index is 0.0183. The topological polar surface area (TPSA) is 125 Å². The van der Waals surface area contributed by atoms with Crippen LogP contribution in [0.4, 0.5) is 5.82 Å². The number of anilines is 1. The summed E-state index contributed by atoms with van der Waals surface area (Å²) in [6.45, 7) is 4.35. The number of nitrogens with zero attached hydrogens (tertiary/aromatic N) is 3. The number of carbonyl (C=O) groups is 1. The lowest BCUT2D eigenvalue weighted by Crippen LogP contribution is -2.30. The Bertz CT molecular complexity index is 1280. The van der Waals surface area contributed by atoms with Crippen molar-refractivity contribution >= 4 is 24.3 Å². The number of hydrogen-bond donors (Lipinski definition) is 4. The van der Waals surface area contributed by atoms with Crippen LogP contribution in [0.25, 0.3) is 0 Å². The molecule has 1 amide bonds. The van der Waals surface area contributed by atoms with Crippen molar-refractivity contribution in [3.63, 3.8) is 0 Å². The number of nitrogens with two attached hydrogens (primary N) is 1. The summed E-state index contributed by atoms with van der Waals surface area (Å²) in [4.78, 5) is 24.4. The molecular formula is C26H30BN5O3. The summed E-state index contributed by atoms with van der Waals surface area (Å²) in [6, 6.07) is 13.0. The molecule has 2 aliphatic rings. The van der Waals surface area contributed by atoms with Crippen LogP contribution in [0.3, 0.4) is 0 Å². The molecule has 0 fully saturated rings. The van der Waals surface area contributed by atoms with Crippen molar-refractivity contribution in [2.75, 3.05) is 18.9 Å². The van der Waals surface area contributed by atoms with Gasteiger partial charge in [0.15, 0.2) is 0 Å². The van der Waals surface area contributed by atoms with E-state index in [1.807, 2.05) is 18.2 Å². The first kappa shape index (κ1) is 23.5. The summed E-state index contributed by atoms with van der Waals surface area (Å²) in [7, 11) is 0.592. The normalized spacial score (nSPS) is 19.2. The lowest BCUT2D eigenvalue weighted by atomic mass is 9.79. The average molecular weight is 471 g/mol. The van der Waals surface area contributed by atoms with Gasteiger partial charge in [-0.15, -0.1) is 0 Å². The Hall–Kier alpha value is -3.27. The van der Waals surface area contributed by atoms with Crippen LogP contribution >= 0.6 is 0 Å². The molecule has 5 N–H and O–H groups in total. The zero-order valence-corrected chi connectivity index (χ0v) is 20.0. The molecule has 180 valence electrons. The molecule has 0 saturated carbocycles. The van der Waals surface area contributed by atoms with Gasteiger partial charge in [0.05, 0.1) is 5.69 Å². The van der Waals surface area contributed by atoms with Gasteiger partial charge in [0.25, 0.3) is 0 Å². The highest BCUT2D eigenvalue weighted by Gasteiger charge is 2.36. The van der Waals surface area contributed by atoms with Crippen LogP contribution in [0.15, 0.2) is 42.5 Å². The first-order chi connectivity index (χ1) is 16.8. The molecule has 35 heavy (non-hydrogen) atoms. The van der Waals surface area contributed by atoms with E-state index in [-0.39, 0.29) is 11.8 Å². The standard InChI is InChI=1S/C26H30BN5O3/c1-15-11-21-18(7-4-8-19(21)24(28)33)23(15)26-30-22-14-32(2)10-9-20(22)25(31-26)29-13-16-5-3-6-17(12-16)27(34)35/h3-8,12,15,23,34-35H,9-11,13-14H2,1-2H3,(H2,28,33)(H,29,30,31).